The molecule has 0 spiro atoms. The number of aromatic nitrogens is 3. The molecule has 1 amide bonds. The predicted octanol–water partition coefficient (Wildman–Crippen LogP) is 4.03. The maximum absolute atomic E-state index is 12.7. The van der Waals surface area contributed by atoms with Gasteiger partial charge in [-0.2, -0.15) is 0 Å². The quantitative estimate of drug-likeness (QED) is 0.683. The van der Waals surface area contributed by atoms with Crippen LogP contribution in [0.5, 0.6) is 0 Å². The van der Waals surface area contributed by atoms with E-state index in [9.17, 15) is 4.79 Å². The van der Waals surface area contributed by atoms with Crippen LogP contribution in [0.2, 0.25) is 5.02 Å². The molecule has 1 atom stereocenters. The van der Waals surface area contributed by atoms with Crippen molar-refractivity contribution in [3.8, 4) is 0 Å². The van der Waals surface area contributed by atoms with E-state index in [2.05, 4.69) is 25.2 Å². The van der Waals surface area contributed by atoms with Gasteiger partial charge in [-0.05, 0) is 30.5 Å². The lowest BCUT2D eigenvalue weighted by molar-refractivity contribution is -0.120. The summed E-state index contributed by atoms with van der Waals surface area (Å²) in [5.74, 6) is 0.742. The number of halogens is 1. The van der Waals surface area contributed by atoms with Crippen molar-refractivity contribution in [2.45, 2.75) is 19.3 Å². The van der Waals surface area contributed by atoms with E-state index < -0.39 is 0 Å². The van der Waals surface area contributed by atoms with Crippen molar-refractivity contribution in [1.29, 1.82) is 0 Å². The molecule has 8 heteroatoms. The van der Waals surface area contributed by atoms with Crippen LogP contribution >= 0.6 is 22.9 Å². The van der Waals surface area contributed by atoms with Crippen LogP contribution in [0.4, 0.5) is 10.9 Å². The van der Waals surface area contributed by atoms with Gasteiger partial charge in [-0.1, -0.05) is 23.7 Å². The number of benzene rings is 1. The fraction of sp³-hybridized carbons (Fsp3) is 0.300. The van der Waals surface area contributed by atoms with Gasteiger partial charge < -0.3 is 10.2 Å². The molecule has 1 fully saturated rings. The maximum atomic E-state index is 12.7. The summed E-state index contributed by atoms with van der Waals surface area (Å²) in [5.41, 5.74) is 1.13. The minimum absolute atomic E-state index is 0.0113. The number of carbonyl (C=O) groups is 1. The zero-order valence-electron chi connectivity index (χ0n) is 15.2. The van der Waals surface area contributed by atoms with E-state index in [1.165, 1.54) is 11.3 Å². The highest BCUT2D eigenvalue weighted by Gasteiger charge is 2.27. The van der Waals surface area contributed by atoms with E-state index in [0.29, 0.717) is 11.7 Å². The van der Waals surface area contributed by atoms with Gasteiger partial charge in [0.1, 0.15) is 5.82 Å². The first-order valence-corrected chi connectivity index (χ1v) is 10.4. The van der Waals surface area contributed by atoms with Gasteiger partial charge in [-0.15, -0.1) is 11.3 Å². The molecule has 144 valence electrons. The first-order valence-electron chi connectivity index (χ1n) is 9.18. The molecule has 3 aromatic rings. The van der Waals surface area contributed by atoms with E-state index in [4.69, 9.17) is 11.6 Å². The zero-order valence-corrected chi connectivity index (χ0v) is 16.8. The number of nitrogens with one attached hydrogen (secondary N) is 1. The van der Waals surface area contributed by atoms with E-state index in [0.717, 1.165) is 47.1 Å². The Morgan fingerprint density at radius 3 is 3.04 bits per heavy atom. The summed E-state index contributed by atoms with van der Waals surface area (Å²) in [6.07, 6.45) is 9.45. The third-order valence-electron chi connectivity index (χ3n) is 4.72. The van der Waals surface area contributed by atoms with Crippen molar-refractivity contribution in [2.75, 3.05) is 23.3 Å². The summed E-state index contributed by atoms with van der Waals surface area (Å²) in [6, 6.07) is 7.78. The molecule has 2 aromatic heterocycles. The van der Waals surface area contributed by atoms with Crippen LogP contribution in [-0.4, -0.2) is 33.9 Å². The smallest absolute Gasteiger partial charge is 0.231 e. The predicted molar refractivity (Wildman–Crippen MR) is 112 cm³/mol. The molecule has 1 saturated heterocycles. The molecule has 0 radical (unpaired) electrons. The molecule has 28 heavy (non-hydrogen) atoms. The van der Waals surface area contributed by atoms with Gasteiger partial charge >= 0.3 is 0 Å². The van der Waals surface area contributed by atoms with Crippen molar-refractivity contribution >= 4 is 39.8 Å². The van der Waals surface area contributed by atoms with Crippen LogP contribution in [0, 0.1) is 5.92 Å². The fourth-order valence-corrected chi connectivity index (χ4v) is 4.42. The Bertz CT molecular complexity index is 949. The summed E-state index contributed by atoms with van der Waals surface area (Å²) < 4.78 is 0. The van der Waals surface area contributed by atoms with Crippen molar-refractivity contribution in [1.82, 2.24) is 15.0 Å². The second-order valence-electron chi connectivity index (χ2n) is 6.78. The second-order valence-corrected chi connectivity index (χ2v) is 8.33. The molecule has 1 N–H and O–H groups in total. The van der Waals surface area contributed by atoms with Gasteiger partial charge in [-0.3, -0.25) is 9.78 Å². The SMILES string of the molecule is O=C(Nc1ncc(Cc2cccc(Cl)c2)s1)C1CCCN(c2cnccn2)C1. The van der Waals surface area contributed by atoms with Crippen molar-refractivity contribution in [3.63, 3.8) is 0 Å². The molecule has 1 unspecified atom stereocenters. The summed E-state index contributed by atoms with van der Waals surface area (Å²) in [5, 5.41) is 4.34. The highest BCUT2D eigenvalue weighted by Crippen LogP contribution is 2.25. The molecular formula is C20H20ClN5OS. The average molecular weight is 414 g/mol. The number of hydrogen-bond acceptors (Lipinski definition) is 6. The second kappa shape index (κ2) is 8.67. The van der Waals surface area contributed by atoms with Crippen molar-refractivity contribution in [2.24, 2.45) is 5.92 Å². The number of piperidine rings is 1. The van der Waals surface area contributed by atoms with Gasteiger partial charge in [0, 0.05) is 48.0 Å². The Hall–Kier alpha value is -2.51. The lowest BCUT2D eigenvalue weighted by atomic mass is 9.97. The number of thiazole rings is 1. The summed E-state index contributed by atoms with van der Waals surface area (Å²) in [6.45, 7) is 1.54. The number of amides is 1. The Balaban J connectivity index is 1.36. The van der Waals surface area contributed by atoms with Crippen molar-refractivity contribution < 1.29 is 4.79 Å². The van der Waals surface area contributed by atoms with Crippen LogP contribution < -0.4 is 10.2 Å². The molecule has 0 aliphatic carbocycles. The highest BCUT2D eigenvalue weighted by atomic mass is 35.5. The third kappa shape index (κ3) is 4.66. The lowest BCUT2D eigenvalue weighted by Gasteiger charge is -2.32. The van der Waals surface area contributed by atoms with Gasteiger partial charge in [0.15, 0.2) is 5.13 Å². The molecule has 4 rings (SSSR count). The standard InChI is InChI=1S/C20H20ClN5OS/c21-16-5-1-3-14(9-16)10-17-11-24-20(28-17)25-19(27)15-4-2-8-26(13-15)18-12-22-6-7-23-18/h1,3,5-7,9,11-12,15H,2,4,8,10,13H2,(H,24,25,27). The first-order chi connectivity index (χ1) is 13.7. The van der Waals surface area contributed by atoms with E-state index in [1.54, 1.807) is 18.6 Å². The number of rotatable bonds is 5. The van der Waals surface area contributed by atoms with Crippen LogP contribution in [0.3, 0.4) is 0 Å². The van der Waals surface area contributed by atoms with Crippen LogP contribution in [0.15, 0.2) is 49.1 Å². The molecule has 1 aliphatic rings. The summed E-state index contributed by atoms with van der Waals surface area (Å²) in [7, 11) is 0. The Morgan fingerprint density at radius 2 is 2.21 bits per heavy atom. The topological polar surface area (TPSA) is 71.0 Å². The monoisotopic (exact) mass is 413 g/mol. The van der Waals surface area contributed by atoms with E-state index >= 15 is 0 Å². The van der Waals surface area contributed by atoms with Gasteiger partial charge in [-0.25, -0.2) is 9.97 Å². The van der Waals surface area contributed by atoms with E-state index in [-0.39, 0.29) is 11.8 Å². The lowest BCUT2D eigenvalue weighted by Crippen LogP contribution is -2.41. The molecule has 0 bridgehead atoms. The summed E-state index contributed by atoms with van der Waals surface area (Å²) in [4.78, 5) is 28.8. The highest BCUT2D eigenvalue weighted by molar-refractivity contribution is 7.15. The first kappa shape index (κ1) is 18.8. The minimum atomic E-state index is -0.0870. The Kier molecular flexibility index (Phi) is 5.83. The Labute approximate surface area is 172 Å². The molecule has 0 saturated carbocycles. The summed E-state index contributed by atoms with van der Waals surface area (Å²) >= 11 is 7.55. The molecule has 6 nitrogen and oxygen atoms in total. The van der Waals surface area contributed by atoms with Crippen LogP contribution in [0.1, 0.15) is 23.3 Å². The Morgan fingerprint density at radius 1 is 1.29 bits per heavy atom. The number of carbonyl (C=O) groups excluding carboxylic acids is 1. The van der Waals surface area contributed by atoms with Gasteiger partial charge in [0.25, 0.3) is 0 Å². The molecule has 3 heterocycles. The average Bonchev–Trinajstić information content (AvgIpc) is 3.15. The molecule has 1 aliphatic heterocycles. The molecular weight excluding hydrogens is 394 g/mol. The van der Waals surface area contributed by atoms with Crippen LogP contribution in [-0.2, 0) is 11.2 Å². The number of anilines is 2. The normalized spacial score (nSPS) is 16.8. The number of nitrogens with zero attached hydrogens (tertiary/aromatic N) is 4. The van der Waals surface area contributed by atoms with E-state index in [1.807, 2.05) is 30.5 Å². The zero-order chi connectivity index (χ0) is 19.3. The van der Waals surface area contributed by atoms with Gasteiger partial charge in [0.05, 0.1) is 12.1 Å². The fourth-order valence-electron chi connectivity index (χ4n) is 3.36. The third-order valence-corrected chi connectivity index (χ3v) is 5.86. The van der Waals surface area contributed by atoms with Gasteiger partial charge in [0.2, 0.25) is 5.91 Å². The number of hydrogen-bond donors (Lipinski definition) is 1. The van der Waals surface area contributed by atoms with Crippen LogP contribution in [0.25, 0.3) is 0 Å². The largest absolute Gasteiger partial charge is 0.355 e. The van der Waals surface area contributed by atoms with Crippen molar-refractivity contribution in [3.05, 3.63) is 64.5 Å². The minimum Gasteiger partial charge on any atom is -0.355 e. The molecule has 1 aromatic carbocycles. The maximum Gasteiger partial charge on any atom is 0.231 e.